The van der Waals surface area contributed by atoms with Gasteiger partial charge in [-0.1, -0.05) is 6.07 Å². The molecule has 25 heavy (non-hydrogen) atoms. The standard InChI is InChI=1S/C17H20N4O2.2ClH/c18-10-12-4-3-7-21(12)17(22)16-11-8-13(20-16)14(9-11)23-15-5-1-2-6-19-15;;/h1-2,5-6,11-14,16,20H,3-4,7-9H2;2*1H/t11-,12-,13+,14+,16-;;/m0../s1. The topological polar surface area (TPSA) is 78.2 Å². The molecule has 1 aliphatic carbocycles. The third kappa shape index (κ3) is 3.69. The van der Waals surface area contributed by atoms with E-state index in [9.17, 15) is 10.1 Å². The largest absolute Gasteiger partial charge is 0.473 e. The number of ether oxygens (including phenoxy) is 1. The van der Waals surface area contributed by atoms with E-state index in [1.165, 1.54) is 0 Å². The van der Waals surface area contributed by atoms with Crippen molar-refractivity contribution >= 4 is 30.7 Å². The second kappa shape index (κ2) is 8.22. The SMILES string of the molecule is Cl.Cl.N#C[C@@H]1CCCN1C(=O)[C@H]1N[C@@H]2C[C@H]1C[C@H]2Oc1ccccn1. The third-order valence-electron chi connectivity index (χ3n) is 5.27. The lowest BCUT2D eigenvalue weighted by Gasteiger charge is -2.32. The van der Waals surface area contributed by atoms with Gasteiger partial charge in [0.05, 0.1) is 12.1 Å². The summed E-state index contributed by atoms with van der Waals surface area (Å²) in [6.45, 7) is 0.709. The van der Waals surface area contributed by atoms with Crippen molar-refractivity contribution in [3.63, 3.8) is 0 Å². The smallest absolute Gasteiger partial charge is 0.241 e. The van der Waals surface area contributed by atoms with Gasteiger partial charge in [-0.2, -0.15) is 5.26 Å². The number of carbonyl (C=O) groups is 1. The molecule has 0 spiro atoms. The molecule has 1 aromatic rings. The van der Waals surface area contributed by atoms with E-state index in [0.717, 1.165) is 25.7 Å². The average Bonchev–Trinajstić information content (AvgIpc) is 3.30. The summed E-state index contributed by atoms with van der Waals surface area (Å²) >= 11 is 0. The van der Waals surface area contributed by atoms with Crippen molar-refractivity contribution in [1.29, 1.82) is 5.26 Å². The number of halogens is 2. The highest BCUT2D eigenvalue weighted by Gasteiger charge is 2.51. The fourth-order valence-corrected chi connectivity index (χ4v) is 4.17. The van der Waals surface area contributed by atoms with Crippen LogP contribution in [0.5, 0.6) is 5.88 Å². The zero-order valence-electron chi connectivity index (χ0n) is 13.7. The van der Waals surface area contributed by atoms with Crippen molar-refractivity contribution in [2.24, 2.45) is 5.92 Å². The molecular weight excluding hydrogens is 363 g/mol. The van der Waals surface area contributed by atoms with Gasteiger partial charge in [0.15, 0.2) is 0 Å². The Balaban J connectivity index is 0.00000113. The van der Waals surface area contributed by atoms with Crippen LogP contribution in [-0.2, 0) is 4.79 Å². The fraction of sp³-hybridized carbons (Fsp3) is 0.588. The number of piperidine rings is 1. The van der Waals surface area contributed by atoms with E-state index in [1.54, 1.807) is 11.1 Å². The van der Waals surface area contributed by atoms with Crippen molar-refractivity contribution in [3.05, 3.63) is 24.4 Å². The molecule has 1 amide bonds. The van der Waals surface area contributed by atoms with Crippen molar-refractivity contribution in [1.82, 2.24) is 15.2 Å². The molecule has 2 bridgehead atoms. The molecule has 1 saturated carbocycles. The molecule has 8 heteroatoms. The number of aromatic nitrogens is 1. The lowest BCUT2D eigenvalue weighted by molar-refractivity contribution is -0.134. The Morgan fingerprint density at radius 2 is 2.20 bits per heavy atom. The Bertz CT molecular complexity index is 639. The summed E-state index contributed by atoms with van der Waals surface area (Å²) in [5.41, 5.74) is 0. The van der Waals surface area contributed by atoms with E-state index >= 15 is 0 Å². The number of fused-ring (bicyclic) bond motifs is 2. The van der Waals surface area contributed by atoms with Crippen LogP contribution in [0.3, 0.4) is 0 Å². The van der Waals surface area contributed by atoms with Gasteiger partial charge in [-0.25, -0.2) is 4.98 Å². The average molecular weight is 385 g/mol. The molecule has 1 N–H and O–H groups in total. The van der Waals surface area contributed by atoms with Crippen LogP contribution in [0.2, 0.25) is 0 Å². The van der Waals surface area contributed by atoms with E-state index in [0.29, 0.717) is 18.3 Å². The number of nitriles is 1. The number of nitrogens with zero attached hydrogens (tertiary/aromatic N) is 3. The summed E-state index contributed by atoms with van der Waals surface area (Å²) in [5.74, 6) is 1.03. The highest BCUT2D eigenvalue weighted by Crippen LogP contribution is 2.38. The molecule has 136 valence electrons. The van der Waals surface area contributed by atoms with Gasteiger partial charge >= 0.3 is 0 Å². The van der Waals surface area contributed by atoms with E-state index in [1.807, 2.05) is 18.2 Å². The maximum atomic E-state index is 12.7. The summed E-state index contributed by atoms with van der Waals surface area (Å²) in [5, 5.41) is 12.6. The minimum absolute atomic E-state index is 0. The molecule has 3 heterocycles. The first-order valence-corrected chi connectivity index (χ1v) is 8.30. The quantitative estimate of drug-likeness (QED) is 0.861. The number of pyridine rings is 1. The highest BCUT2D eigenvalue weighted by atomic mass is 35.5. The minimum atomic E-state index is -0.246. The van der Waals surface area contributed by atoms with Crippen molar-refractivity contribution < 1.29 is 9.53 Å². The second-order valence-corrected chi connectivity index (χ2v) is 6.63. The number of nitrogens with one attached hydrogen (secondary N) is 1. The number of carbonyl (C=O) groups excluding carboxylic acids is 1. The van der Waals surface area contributed by atoms with E-state index < -0.39 is 0 Å². The van der Waals surface area contributed by atoms with Gasteiger partial charge in [0.2, 0.25) is 11.8 Å². The lowest BCUT2D eigenvalue weighted by Crippen LogP contribution is -2.54. The molecule has 3 aliphatic rings. The second-order valence-electron chi connectivity index (χ2n) is 6.63. The summed E-state index contributed by atoms with van der Waals surface area (Å²) in [4.78, 5) is 18.7. The fourth-order valence-electron chi connectivity index (χ4n) is 4.17. The van der Waals surface area contributed by atoms with Crippen LogP contribution in [0.25, 0.3) is 0 Å². The predicted octanol–water partition coefficient (Wildman–Crippen LogP) is 1.94. The number of likely N-dealkylation sites (tertiary alicyclic amines) is 1. The van der Waals surface area contributed by atoms with Gasteiger partial charge in [-0.3, -0.25) is 10.1 Å². The van der Waals surface area contributed by atoms with Crippen LogP contribution in [0, 0.1) is 17.2 Å². The molecule has 5 atom stereocenters. The van der Waals surface area contributed by atoms with Crippen molar-refractivity contribution in [3.8, 4) is 11.9 Å². The van der Waals surface area contributed by atoms with Gasteiger partial charge in [0.1, 0.15) is 12.1 Å². The molecular formula is C17H22Cl2N4O2. The summed E-state index contributed by atoms with van der Waals surface area (Å²) in [6, 6.07) is 7.67. The molecule has 0 aromatic carbocycles. The zero-order valence-corrected chi connectivity index (χ0v) is 15.3. The highest BCUT2D eigenvalue weighted by molar-refractivity contribution is 5.85. The Morgan fingerprint density at radius 3 is 2.84 bits per heavy atom. The molecule has 3 fully saturated rings. The normalized spacial score (nSPS) is 32.4. The minimum Gasteiger partial charge on any atom is -0.473 e. The molecule has 4 rings (SSSR count). The lowest BCUT2D eigenvalue weighted by atomic mass is 9.97. The zero-order chi connectivity index (χ0) is 15.8. The van der Waals surface area contributed by atoms with E-state index in [-0.39, 0.29) is 55.0 Å². The van der Waals surface area contributed by atoms with Crippen LogP contribution in [0.15, 0.2) is 24.4 Å². The molecule has 2 aliphatic heterocycles. The van der Waals surface area contributed by atoms with Crippen molar-refractivity contribution in [2.75, 3.05) is 6.54 Å². The number of amides is 1. The Kier molecular flexibility index (Phi) is 6.50. The van der Waals surface area contributed by atoms with Crippen LogP contribution in [0.4, 0.5) is 0 Å². The van der Waals surface area contributed by atoms with Crippen LogP contribution in [-0.4, -0.2) is 46.6 Å². The predicted molar refractivity (Wildman–Crippen MR) is 96.9 cm³/mol. The maximum absolute atomic E-state index is 12.7. The molecule has 2 saturated heterocycles. The molecule has 6 nitrogen and oxygen atoms in total. The molecule has 1 aromatic heterocycles. The Hall–Kier alpha value is -1.55. The van der Waals surface area contributed by atoms with Gasteiger partial charge in [-0.05, 0) is 37.7 Å². The van der Waals surface area contributed by atoms with Crippen LogP contribution < -0.4 is 10.1 Å². The van der Waals surface area contributed by atoms with Crippen molar-refractivity contribution in [2.45, 2.75) is 49.9 Å². The summed E-state index contributed by atoms with van der Waals surface area (Å²) in [6.07, 6.45) is 5.35. The summed E-state index contributed by atoms with van der Waals surface area (Å²) in [7, 11) is 0. The number of rotatable bonds is 3. The summed E-state index contributed by atoms with van der Waals surface area (Å²) < 4.78 is 5.95. The Labute approximate surface area is 159 Å². The van der Waals surface area contributed by atoms with Crippen LogP contribution in [0.1, 0.15) is 25.7 Å². The van der Waals surface area contributed by atoms with E-state index in [2.05, 4.69) is 16.4 Å². The monoisotopic (exact) mass is 384 g/mol. The Morgan fingerprint density at radius 1 is 1.36 bits per heavy atom. The van der Waals surface area contributed by atoms with Gasteiger partial charge < -0.3 is 9.64 Å². The number of hydrogen-bond donors (Lipinski definition) is 1. The third-order valence-corrected chi connectivity index (χ3v) is 5.27. The molecule has 0 radical (unpaired) electrons. The van der Waals surface area contributed by atoms with Gasteiger partial charge in [0, 0.05) is 24.8 Å². The van der Waals surface area contributed by atoms with Gasteiger partial charge in [0.25, 0.3) is 0 Å². The maximum Gasteiger partial charge on any atom is 0.241 e. The first-order chi connectivity index (χ1) is 11.3. The molecule has 0 unspecified atom stereocenters. The number of hydrogen-bond acceptors (Lipinski definition) is 5. The first-order valence-electron chi connectivity index (χ1n) is 8.30. The first kappa shape index (κ1) is 19.8. The van der Waals surface area contributed by atoms with E-state index in [4.69, 9.17) is 4.74 Å². The van der Waals surface area contributed by atoms with Gasteiger partial charge in [-0.15, -0.1) is 24.8 Å². The van der Waals surface area contributed by atoms with Crippen LogP contribution >= 0.6 is 24.8 Å².